The van der Waals surface area contributed by atoms with E-state index < -0.39 is 0 Å². The molecule has 3 heterocycles. The third kappa shape index (κ3) is 2.78. The Morgan fingerprint density at radius 1 is 1.08 bits per heavy atom. The molecule has 0 radical (unpaired) electrons. The maximum atomic E-state index is 12.7. The summed E-state index contributed by atoms with van der Waals surface area (Å²) in [5.74, 6) is 0.675. The number of hydrogen-bond acceptors (Lipinski definition) is 5. The van der Waals surface area contributed by atoms with E-state index in [1.165, 1.54) is 0 Å². The van der Waals surface area contributed by atoms with Crippen molar-refractivity contribution in [3.05, 3.63) is 47.5 Å². The zero-order chi connectivity index (χ0) is 16.5. The molecule has 0 spiro atoms. The lowest BCUT2D eigenvalue weighted by Crippen LogP contribution is -2.49. The second-order valence-corrected chi connectivity index (χ2v) is 6.05. The number of fused-ring (bicyclic) bond motifs is 1. The van der Waals surface area contributed by atoms with E-state index in [0.717, 1.165) is 11.0 Å². The van der Waals surface area contributed by atoms with Gasteiger partial charge in [-0.3, -0.25) is 4.79 Å². The zero-order valence-electron chi connectivity index (χ0n) is 12.8. The monoisotopic (exact) mass is 342 g/mol. The van der Waals surface area contributed by atoms with Crippen LogP contribution >= 0.6 is 11.6 Å². The molecule has 4 rings (SSSR count). The highest BCUT2D eigenvalue weighted by Crippen LogP contribution is 2.17. The third-order valence-electron chi connectivity index (χ3n) is 4.12. The average Bonchev–Trinajstić information content (AvgIpc) is 3.09. The van der Waals surface area contributed by atoms with Crippen LogP contribution in [0.4, 0.5) is 5.95 Å². The molecule has 0 bridgehead atoms. The Morgan fingerprint density at radius 3 is 2.58 bits per heavy atom. The van der Waals surface area contributed by atoms with Crippen LogP contribution < -0.4 is 4.90 Å². The summed E-state index contributed by atoms with van der Waals surface area (Å²) in [5.41, 5.74) is 2.40. The van der Waals surface area contributed by atoms with Crippen LogP contribution in [0.1, 0.15) is 10.4 Å². The molecule has 1 aliphatic heterocycles. The molecule has 1 amide bonds. The predicted molar refractivity (Wildman–Crippen MR) is 91.3 cm³/mol. The van der Waals surface area contributed by atoms with Gasteiger partial charge < -0.3 is 14.8 Å². The molecule has 3 aromatic rings. The molecule has 0 atom stereocenters. The van der Waals surface area contributed by atoms with Crippen LogP contribution in [0.3, 0.4) is 0 Å². The van der Waals surface area contributed by atoms with Crippen LogP contribution in [0.25, 0.3) is 11.0 Å². The summed E-state index contributed by atoms with van der Waals surface area (Å²) in [7, 11) is 0. The lowest BCUT2D eigenvalue weighted by atomic mass is 10.1. The number of H-pyrrole nitrogens is 1. The van der Waals surface area contributed by atoms with Gasteiger partial charge in [-0.05, 0) is 18.2 Å². The third-order valence-corrected chi connectivity index (χ3v) is 4.32. The van der Waals surface area contributed by atoms with Crippen molar-refractivity contribution in [2.75, 3.05) is 31.1 Å². The normalized spacial score (nSPS) is 15.0. The molecule has 0 unspecified atom stereocenters. The number of nitrogens with zero attached hydrogens (tertiary/aromatic N) is 5. The van der Waals surface area contributed by atoms with Gasteiger partial charge >= 0.3 is 0 Å². The molecule has 1 saturated heterocycles. The highest BCUT2D eigenvalue weighted by atomic mass is 35.5. The van der Waals surface area contributed by atoms with Gasteiger partial charge in [0.25, 0.3) is 5.91 Å². The first kappa shape index (κ1) is 14.9. The Bertz CT molecular complexity index is 870. The molecule has 1 fully saturated rings. The van der Waals surface area contributed by atoms with Crippen molar-refractivity contribution >= 4 is 34.5 Å². The average molecular weight is 343 g/mol. The quantitative estimate of drug-likeness (QED) is 0.770. The van der Waals surface area contributed by atoms with E-state index in [1.807, 2.05) is 23.1 Å². The van der Waals surface area contributed by atoms with Crippen LogP contribution in [0.5, 0.6) is 0 Å². The van der Waals surface area contributed by atoms with Crippen molar-refractivity contribution in [3.63, 3.8) is 0 Å². The van der Waals surface area contributed by atoms with Crippen molar-refractivity contribution in [2.45, 2.75) is 0 Å². The number of piperazine rings is 1. The smallest absolute Gasteiger partial charge is 0.254 e. The number of halogens is 1. The van der Waals surface area contributed by atoms with Crippen LogP contribution in [0.2, 0.25) is 5.02 Å². The van der Waals surface area contributed by atoms with E-state index in [0.29, 0.717) is 42.7 Å². The van der Waals surface area contributed by atoms with E-state index in [2.05, 4.69) is 24.8 Å². The Morgan fingerprint density at radius 2 is 1.83 bits per heavy atom. The molecule has 2 aromatic heterocycles. The van der Waals surface area contributed by atoms with Gasteiger partial charge in [-0.1, -0.05) is 11.6 Å². The molecular formula is C16H15ClN6O. The topological polar surface area (TPSA) is 78.0 Å². The molecule has 0 saturated carbocycles. The van der Waals surface area contributed by atoms with Crippen LogP contribution in [0, 0.1) is 0 Å². The second kappa shape index (κ2) is 6.09. The van der Waals surface area contributed by atoms with E-state index in [9.17, 15) is 4.79 Å². The number of aromatic nitrogens is 4. The van der Waals surface area contributed by atoms with Crippen molar-refractivity contribution in [2.24, 2.45) is 0 Å². The standard InChI is InChI=1S/C16H15ClN6O/c17-12-8-18-16(19-9-12)23-5-3-22(4-6-23)15(24)11-1-2-13-14(7-11)21-10-20-13/h1-2,7-10H,3-6H2,(H,20,21). The van der Waals surface area contributed by atoms with Gasteiger partial charge in [0.2, 0.25) is 5.95 Å². The fraction of sp³-hybridized carbons (Fsp3) is 0.250. The lowest BCUT2D eigenvalue weighted by molar-refractivity contribution is 0.0746. The van der Waals surface area contributed by atoms with Crippen molar-refractivity contribution in [1.82, 2.24) is 24.8 Å². The molecular weight excluding hydrogens is 328 g/mol. The molecule has 0 aliphatic carbocycles. The Balaban J connectivity index is 1.44. The fourth-order valence-electron chi connectivity index (χ4n) is 2.83. The maximum absolute atomic E-state index is 12.7. The molecule has 1 aliphatic rings. The van der Waals surface area contributed by atoms with Crippen molar-refractivity contribution < 1.29 is 4.79 Å². The first-order valence-electron chi connectivity index (χ1n) is 7.65. The van der Waals surface area contributed by atoms with Crippen LogP contribution in [0.15, 0.2) is 36.9 Å². The molecule has 8 heteroatoms. The van der Waals surface area contributed by atoms with Gasteiger partial charge in [-0.25, -0.2) is 15.0 Å². The maximum Gasteiger partial charge on any atom is 0.254 e. The number of carbonyl (C=O) groups excluding carboxylic acids is 1. The second-order valence-electron chi connectivity index (χ2n) is 5.61. The Labute approximate surface area is 143 Å². The molecule has 7 nitrogen and oxygen atoms in total. The number of imidazole rings is 1. The summed E-state index contributed by atoms with van der Waals surface area (Å²) in [6, 6.07) is 5.52. The number of anilines is 1. The number of aromatic amines is 1. The number of carbonyl (C=O) groups is 1. The Hall–Kier alpha value is -2.67. The van der Waals surface area contributed by atoms with Gasteiger partial charge in [-0.15, -0.1) is 0 Å². The minimum Gasteiger partial charge on any atom is -0.345 e. The number of amides is 1. The highest BCUT2D eigenvalue weighted by Gasteiger charge is 2.23. The zero-order valence-corrected chi connectivity index (χ0v) is 13.6. The van der Waals surface area contributed by atoms with E-state index >= 15 is 0 Å². The first-order valence-corrected chi connectivity index (χ1v) is 8.03. The summed E-state index contributed by atoms with van der Waals surface area (Å²) in [5, 5.41) is 0.516. The summed E-state index contributed by atoms with van der Waals surface area (Å²) in [6.07, 6.45) is 4.80. The fourth-order valence-corrected chi connectivity index (χ4v) is 2.93. The lowest BCUT2D eigenvalue weighted by Gasteiger charge is -2.34. The first-order chi connectivity index (χ1) is 11.7. The van der Waals surface area contributed by atoms with Crippen LogP contribution in [-0.2, 0) is 0 Å². The molecule has 122 valence electrons. The number of nitrogens with one attached hydrogen (secondary N) is 1. The van der Waals surface area contributed by atoms with Gasteiger partial charge in [0.05, 0.1) is 34.8 Å². The van der Waals surface area contributed by atoms with Crippen molar-refractivity contribution in [1.29, 1.82) is 0 Å². The number of hydrogen-bond donors (Lipinski definition) is 1. The van der Waals surface area contributed by atoms with Gasteiger partial charge in [0, 0.05) is 31.7 Å². The summed E-state index contributed by atoms with van der Waals surface area (Å²) in [4.78, 5) is 32.2. The number of benzene rings is 1. The molecule has 1 N–H and O–H groups in total. The minimum atomic E-state index is 0.0307. The SMILES string of the molecule is O=C(c1ccc2nc[nH]c2c1)N1CCN(c2ncc(Cl)cn2)CC1. The molecule has 1 aromatic carbocycles. The Kier molecular flexibility index (Phi) is 3.78. The van der Waals surface area contributed by atoms with E-state index in [4.69, 9.17) is 11.6 Å². The predicted octanol–water partition coefficient (Wildman–Crippen LogP) is 1.97. The van der Waals surface area contributed by atoms with Crippen LogP contribution in [-0.4, -0.2) is 56.9 Å². The summed E-state index contributed by atoms with van der Waals surface area (Å²) >= 11 is 5.81. The van der Waals surface area contributed by atoms with Gasteiger partial charge in [-0.2, -0.15) is 0 Å². The highest BCUT2D eigenvalue weighted by molar-refractivity contribution is 6.30. The summed E-state index contributed by atoms with van der Waals surface area (Å²) in [6.45, 7) is 2.65. The molecule has 24 heavy (non-hydrogen) atoms. The minimum absolute atomic E-state index is 0.0307. The largest absolute Gasteiger partial charge is 0.345 e. The van der Waals surface area contributed by atoms with Gasteiger partial charge in [0.1, 0.15) is 0 Å². The van der Waals surface area contributed by atoms with E-state index in [-0.39, 0.29) is 5.91 Å². The van der Waals surface area contributed by atoms with Crippen molar-refractivity contribution in [3.8, 4) is 0 Å². The van der Waals surface area contributed by atoms with E-state index in [1.54, 1.807) is 18.7 Å². The van der Waals surface area contributed by atoms with Gasteiger partial charge in [0.15, 0.2) is 0 Å². The number of rotatable bonds is 2. The summed E-state index contributed by atoms with van der Waals surface area (Å²) < 4.78 is 0.